The summed E-state index contributed by atoms with van der Waals surface area (Å²) in [5.41, 5.74) is 0.375. The van der Waals surface area contributed by atoms with Crippen LogP contribution in [0.5, 0.6) is 0 Å². The lowest BCUT2D eigenvalue weighted by Gasteiger charge is -2.03. The molecule has 0 aliphatic rings. The van der Waals surface area contributed by atoms with Gasteiger partial charge in [-0.15, -0.1) is 0 Å². The number of rotatable bonds is 4. The van der Waals surface area contributed by atoms with E-state index in [0.29, 0.717) is 11.1 Å². The van der Waals surface area contributed by atoms with Gasteiger partial charge >= 0.3 is 5.97 Å². The first kappa shape index (κ1) is 11.5. The van der Waals surface area contributed by atoms with Crippen LogP contribution < -0.4 is 5.56 Å². The van der Waals surface area contributed by atoms with Gasteiger partial charge in [0.25, 0.3) is 5.56 Å². The molecule has 0 unspecified atom stereocenters. The van der Waals surface area contributed by atoms with Crippen LogP contribution in [0.25, 0.3) is 0 Å². The first-order valence-corrected chi connectivity index (χ1v) is 4.68. The van der Waals surface area contributed by atoms with Gasteiger partial charge in [-0.2, -0.15) is 0 Å². The monoisotopic (exact) mass is 211 g/mol. The van der Waals surface area contributed by atoms with Crippen molar-refractivity contribution in [3.05, 3.63) is 33.7 Å². The number of aliphatic hydroxyl groups excluding tert-OH is 1. The van der Waals surface area contributed by atoms with Crippen LogP contribution in [0.2, 0.25) is 0 Å². The van der Waals surface area contributed by atoms with Crippen molar-refractivity contribution in [2.75, 3.05) is 13.2 Å². The predicted octanol–water partition coefficient (Wildman–Crippen LogP) is 0.0864. The SMILES string of the molecule is CCOC(=O)c1c[nH]c(=O)c(CCO)c1. The highest BCUT2D eigenvalue weighted by Gasteiger charge is 2.09. The van der Waals surface area contributed by atoms with Crippen LogP contribution in [0.3, 0.4) is 0 Å². The lowest BCUT2D eigenvalue weighted by Crippen LogP contribution is -2.16. The number of nitrogens with one attached hydrogen (secondary N) is 1. The van der Waals surface area contributed by atoms with Gasteiger partial charge in [0, 0.05) is 24.8 Å². The standard InChI is InChI=1S/C10H13NO4/c1-2-15-10(14)8-5-7(3-4-12)9(13)11-6-8/h5-6,12H,2-4H2,1H3,(H,11,13). The molecule has 0 spiro atoms. The van der Waals surface area contributed by atoms with Crippen LogP contribution in [-0.2, 0) is 11.2 Å². The van der Waals surface area contributed by atoms with Gasteiger partial charge in [-0.05, 0) is 13.0 Å². The molecule has 15 heavy (non-hydrogen) atoms. The highest BCUT2D eigenvalue weighted by atomic mass is 16.5. The summed E-state index contributed by atoms with van der Waals surface area (Å²) < 4.78 is 4.78. The van der Waals surface area contributed by atoms with Crippen LogP contribution >= 0.6 is 0 Å². The average molecular weight is 211 g/mol. The summed E-state index contributed by atoms with van der Waals surface area (Å²) in [6.45, 7) is 1.86. The lowest BCUT2D eigenvalue weighted by molar-refractivity contribution is 0.0525. The van der Waals surface area contributed by atoms with E-state index >= 15 is 0 Å². The van der Waals surface area contributed by atoms with E-state index in [1.165, 1.54) is 12.3 Å². The highest BCUT2D eigenvalue weighted by molar-refractivity contribution is 5.89. The van der Waals surface area contributed by atoms with Crippen LogP contribution in [0, 0.1) is 0 Å². The molecule has 0 aromatic carbocycles. The molecule has 1 aromatic heterocycles. The van der Waals surface area contributed by atoms with Crippen molar-refractivity contribution in [2.24, 2.45) is 0 Å². The fourth-order valence-corrected chi connectivity index (χ4v) is 1.17. The molecule has 1 rings (SSSR count). The zero-order valence-electron chi connectivity index (χ0n) is 8.45. The summed E-state index contributed by atoms with van der Waals surface area (Å²) in [5, 5.41) is 8.71. The molecule has 0 saturated heterocycles. The molecule has 0 bridgehead atoms. The van der Waals surface area contributed by atoms with Crippen LogP contribution in [0.4, 0.5) is 0 Å². The van der Waals surface area contributed by atoms with Gasteiger partial charge in [0.1, 0.15) is 0 Å². The maximum atomic E-state index is 11.3. The third-order valence-corrected chi connectivity index (χ3v) is 1.87. The first-order valence-electron chi connectivity index (χ1n) is 4.68. The second-order valence-electron chi connectivity index (χ2n) is 2.94. The van der Waals surface area contributed by atoms with E-state index < -0.39 is 5.97 Å². The zero-order chi connectivity index (χ0) is 11.3. The Morgan fingerprint density at radius 2 is 2.33 bits per heavy atom. The molecule has 1 aromatic rings. The molecule has 0 aliphatic heterocycles. The Morgan fingerprint density at radius 1 is 1.60 bits per heavy atom. The van der Waals surface area contributed by atoms with Gasteiger partial charge < -0.3 is 14.8 Å². The minimum atomic E-state index is -0.479. The molecule has 0 fully saturated rings. The minimum absolute atomic E-state index is 0.130. The lowest BCUT2D eigenvalue weighted by atomic mass is 10.1. The fraction of sp³-hybridized carbons (Fsp3) is 0.400. The quantitative estimate of drug-likeness (QED) is 0.691. The summed E-state index contributed by atoms with van der Waals surface area (Å²) in [6, 6.07) is 1.44. The number of ether oxygens (including phenoxy) is 1. The number of H-pyrrole nitrogens is 1. The molecule has 2 N–H and O–H groups in total. The Labute approximate surface area is 86.7 Å². The highest BCUT2D eigenvalue weighted by Crippen LogP contribution is 2.01. The number of esters is 1. The third kappa shape index (κ3) is 2.92. The van der Waals surface area contributed by atoms with E-state index in [0.717, 1.165) is 0 Å². The second kappa shape index (κ2) is 5.31. The number of aromatic nitrogens is 1. The Bertz CT molecular complexity index is 397. The first-order chi connectivity index (χ1) is 7.19. The maximum Gasteiger partial charge on any atom is 0.339 e. The topological polar surface area (TPSA) is 79.4 Å². The minimum Gasteiger partial charge on any atom is -0.462 e. The van der Waals surface area contributed by atoms with Crippen LogP contribution in [0.1, 0.15) is 22.8 Å². The van der Waals surface area contributed by atoms with E-state index in [4.69, 9.17) is 9.84 Å². The summed E-state index contributed by atoms with van der Waals surface area (Å²) in [7, 11) is 0. The van der Waals surface area contributed by atoms with Crippen molar-refractivity contribution in [3.63, 3.8) is 0 Å². The van der Waals surface area contributed by atoms with E-state index in [-0.39, 0.29) is 25.2 Å². The average Bonchev–Trinajstić information content (AvgIpc) is 2.22. The number of carbonyl (C=O) groups is 1. The molecule has 0 aliphatic carbocycles. The van der Waals surface area contributed by atoms with Gasteiger partial charge in [0.15, 0.2) is 0 Å². The Balaban J connectivity index is 2.96. The molecule has 82 valence electrons. The molecule has 0 saturated carbocycles. The number of hydrogen-bond acceptors (Lipinski definition) is 4. The van der Waals surface area contributed by atoms with Gasteiger partial charge in [0.05, 0.1) is 12.2 Å². The van der Waals surface area contributed by atoms with Gasteiger partial charge in [-0.25, -0.2) is 4.79 Å². The fourth-order valence-electron chi connectivity index (χ4n) is 1.17. The molecule has 1 heterocycles. The molecule has 5 heteroatoms. The van der Waals surface area contributed by atoms with E-state index in [2.05, 4.69) is 4.98 Å². The number of hydrogen-bond donors (Lipinski definition) is 2. The third-order valence-electron chi connectivity index (χ3n) is 1.87. The van der Waals surface area contributed by atoms with Gasteiger partial charge in [0.2, 0.25) is 0 Å². The van der Waals surface area contributed by atoms with E-state index in [1.807, 2.05) is 0 Å². The second-order valence-corrected chi connectivity index (χ2v) is 2.94. The zero-order valence-corrected chi connectivity index (χ0v) is 8.45. The Kier molecular flexibility index (Phi) is 4.05. The van der Waals surface area contributed by atoms with Gasteiger partial charge in [-0.1, -0.05) is 0 Å². The summed E-state index contributed by atoms with van der Waals surface area (Å²) in [6.07, 6.45) is 1.53. The Hall–Kier alpha value is -1.62. The molecule has 0 amide bonds. The Morgan fingerprint density at radius 3 is 2.93 bits per heavy atom. The largest absolute Gasteiger partial charge is 0.462 e. The van der Waals surface area contributed by atoms with Crippen LogP contribution in [0.15, 0.2) is 17.1 Å². The number of pyridine rings is 1. The van der Waals surface area contributed by atoms with Gasteiger partial charge in [-0.3, -0.25) is 4.79 Å². The molecule has 0 radical (unpaired) electrons. The maximum absolute atomic E-state index is 11.3. The van der Waals surface area contributed by atoms with Crippen molar-refractivity contribution in [2.45, 2.75) is 13.3 Å². The molecular weight excluding hydrogens is 198 g/mol. The van der Waals surface area contributed by atoms with Crippen molar-refractivity contribution in [1.82, 2.24) is 4.98 Å². The van der Waals surface area contributed by atoms with Crippen LogP contribution in [-0.4, -0.2) is 29.3 Å². The molecule has 0 atom stereocenters. The number of aromatic amines is 1. The normalized spacial score (nSPS) is 10.0. The number of carbonyl (C=O) groups excluding carboxylic acids is 1. The van der Waals surface area contributed by atoms with Crippen molar-refractivity contribution < 1.29 is 14.6 Å². The summed E-state index contributed by atoms with van der Waals surface area (Å²) in [4.78, 5) is 25.0. The number of aliphatic hydroxyl groups is 1. The van der Waals surface area contributed by atoms with Crippen molar-refractivity contribution in [3.8, 4) is 0 Å². The van der Waals surface area contributed by atoms with E-state index in [1.54, 1.807) is 6.92 Å². The molecule has 5 nitrogen and oxygen atoms in total. The smallest absolute Gasteiger partial charge is 0.339 e. The van der Waals surface area contributed by atoms with E-state index in [9.17, 15) is 9.59 Å². The predicted molar refractivity (Wildman–Crippen MR) is 53.8 cm³/mol. The summed E-state index contributed by atoms with van der Waals surface area (Å²) in [5.74, 6) is -0.479. The summed E-state index contributed by atoms with van der Waals surface area (Å²) >= 11 is 0. The van der Waals surface area contributed by atoms with Crippen molar-refractivity contribution in [1.29, 1.82) is 0 Å². The van der Waals surface area contributed by atoms with Crippen molar-refractivity contribution >= 4 is 5.97 Å². The molecular formula is C10H13NO4.